The molecule has 0 bridgehead atoms. The van der Waals surface area contributed by atoms with Crippen LogP contribution in [0.2, 0.25) is 0 Å². The highest BCUT2D eigenvalue weighted by Crippen LogP contribution is 2.40. The topological polar surface area (TPSA) is 37.3 Å². The third-order valence-electron chi connectivity index (χ3n) is 2.19. The molecular formula is C11H16O2S. The molecule has 14 heavy (non-hydrogen) atoms. The van der Waals surface area contributed by atoms with Crippen LogP contribution in [-0.2, 0) is 4.79 Å². The summed E-state index contributed by atoms with van der Waals surface area (Å²) in [6.07, 6.45) is 4.49. The first kappa shape index (κ1) is 11.5. The van der Waals surface area contributed by atoms with E-state index in [9.17, 15) is 9.90 Å². The lowest BCUT2D eigenvalue weighted by Crippen LogP contribution is -2.23. The maximum Gasteiger partial charge on any atom is 0.156 e. The van der Waals surface area contributed by atoms with Gasteiger partial charge in [0.15, 0.2) is 6.29 Å². The van der Waals surface area contributed by atoms with Crippen LogP contribution in [0.1, 0.15) is 33.6 Å². The van der Waals surface area contributed by atoms with E-state index in [2.05, 4.69) is 6.92 Å². The molecule has 1 rings (SSSR count). The van der Waals surface area contributed by atoms with Gasteiger partial charge >= 0.3 is 0 Å². The van der Waals surface area contributed by atoms with Gasteiger partial charge in [0.1, 0.15) is 0 Å². The van der Waals surface area contributed by atoms with E-state index >= 15 is 0 Å². The predicted octanol–water partition coefficient (Wildman–Crippen LogP) is 2.64. The first-order valence-corrected chi connectivity index (χ1v) is 5.58. The van der Waals surface area contributed by atoms with Crippen LogP contribution in [0.25, 0.3) is 0 Å². The minimum atomic E-state index is -0.835. The summed E-state index contributed by atoms with van der Waals surface area (Å²) < 4.78 is 0. The van der Waals surface area contributed by atoms with Crippen LogP contribution in [0.5, 0.6) is 0 Å². The van der Waals surface area contributed by atoms with Gasteiger partial charge in [-0.1, -0.05) is 30.3 Å². The summed E-state index contributed by atoms with van der Waals surface area (Å²) >= 11 is 1.39. The van der Waals surface area contributed by atoms with E-state index in [1.165, 1.54) is 17.3 Å². The molecule has 1 aliphatic rings. The van der Waals surface area contributed by atoms with Gasteiger partial charge < -0.3 is 5.11 Å². The number of aldehydes is 1. The summed E-state index contributed by atoms with van der Waals surface area (Å²) in [6.45, 7) is 5.60. The van der Waals surface area contributed by atoms with Gasteiger partial charge in [-0.15, -0.1) is 0 Å². The number of allylic oxidation sites excluding steroid dienone is 3. The normalized spacial score (nSPS) is 18.1. The lowest BCUT2D eigenvalue weighted by atomic mass is 10.00. The van der Waals surface area contributed by atoms with Crippen LogP contribution in [0, 0.1) is 0 Å². The molecule has 0 atom stereocenters. The first-order valence-electron chi connectivity index (χ1n) is 4.77. The fourth-order valence-corrected chi connectivity index (χ4v) is 2.55. The molecule has 0 amide bonds. The molecular weight excluding hydrogens is 196 g/mol. The minimum absolute atomic E-state index is 0.708. The Morgan fingerprint density at radius 2 is 2.29 bits per heavy atom. The van der Waals surface area contributed by atoms with E-state index in [-0.39, 0.29) is 0 Å². The third kappa shape index (κ3) is 2.49. The summed E-state index contributed by atoms with van der Waals surface area (Å²) in [5.74, 6) is 0. The molecule has 0 aromatic heterocycles. The highest BCUT2D eigenvalue weighted by Gasteiger charge is 2.26. The molecule has 1 aliphatic heterocycles. The van der Waals surface area contributed by atoms with Crippen molar-refractivity contribution in [3.05, 3.63) is 21.5 Å². The van der Waals surface area contributed by atoms with Crippen molar-refractivity contribution in [2.75, 3.05) is 0 Å². The van der Waals surface area contributed by atoms with Gasteiger partial charge in [-0.3, -0.25) is 4.79 Å². The second kappa shape index (κ2) is 4.32. The van der Waals surface area contributed by atoms with Crippen molar-refractivity contribution in [2.45, 2.75) is 39.2 Å². The summed E-state index contributed by atoms with van der Waals surface area (Å²) in [4.78, 5) is 12.3. The molecule has 0 saturated heterocycles. The van der Waals surface area contributed by atoms with Gasteiger partial charge in [0, 0.05) is 9.81 Å². The van der Waals surface area contributed by atoms with Crippen LogP contribution in [0.15, 0.2) is 21.5 Å². The molecule has 0 fully saturated rings. The Morgan fingerprint density at radius 3 is 2.71 bits per heavy atom. The van der Waals surface area contributed by atoms with Gasteiger partial charge in [0.25, 0.3) is 0 Å². The van der Waals surface area contributed by atoms with Crippen molar-refractivity contribution >= 4 is 18.0 Å². The van der Waals surface area contributed by atoms with E-state index < -0.39 is 5.60 Å². The Bertz CT molecular complexity index is 295. The highest BCUT2D eigenvalue weighted by atomic mass is 32.2. The predicted molar refractivity (Wildman–Crippen MR) is 60.0 cm³/mol. The van der Waals surface area contributed by atoms with Gasteiger partial charge in [-0.25, -0.2) is 0 Å². The first-order chi connectivity index (χ1) is 6.49. The molecule has 0 radical (unpaired) electrons. The van der Waals surface area contributed by atoms with Crippen molar-refractivity contribution in [3.8, 4) is 0 Å². The monoisotopic (exact) mass is 212 g/mol. The van der Waals surface area contributed by atoms with Crippen LogP contribution < -0.4 is 0 Å². The van der Waals surface area contributed by atoms with E-state index in [4.69, 9.17) is 0 Å². The van der Waals surface area contributed by atoms with Crippen LogP contribution in [-0.4, -0.2) is 17.0 Å². The van der Waals surface area contributed by atoms with Crippen LogP contribution in [0.3, 0.4) is 0 Å². The largest absolute Gasteiger partial charge is 0.385 e. The fraction of sp³-hybridized carbons (Fsp3) is 0.545. The zero-order chi connectivity index (χ0) is 10.8. The van der Waals surface area contributed by atoms with Crippen LogP contribution in [0.4, 0.5) is 0 Å². The van der Waals surface area contributed by atoms with Gasteiger partial charge in [-0.2, -0.15) is 0 Å². The fourth-order valence-electron chi connectivity index (χ4n) is 1.48. The Balaban J connectivity index is 2.97. The molecule has 3 heteroatoms. The average molecular weight is 212 g/mol. The Morgan fingerprint density at radius 1 is 1.64 bits per heavy atom. The maximum absolute atomic E-state index is 10.6. The van der Waals surface area contributed by atoms with Crippen molar-refractivity contribution in [2.24, 2.45) is 0 Å². The second-order valence-electron chi connectivity index (χ2n) is 3.88. The number of rotatable bonds is 3. The Labute approximate surface area is 89.1 Å². The molecule has 78 valence electrons. The minimum Gasteiger partial charge on any atom is -0.385 e. The van der Waals surface area contributed by atoms with Gasteiger partial charge in [0.05, 0.1) is 5.60 Å². The second-order valence-corrected chi connectivity index (χ2v) is 4.96. The molecule has 0 unspecified atom stereocenters. The zero-order valence-electron chi connectivity index (χ0n) is 8.83. The standard InChI is InChI=1S/C11H16O2S/c1-4-8-5-6-9(7-12)14-10(8)11(2,3)13/h6-7,13H,4-5H2,1-3H3. The number of carbonyl (C=O) groups is 1. The lowest BCUT2D eigenvalue weighted by Gasteiger charge is -2.27. The van der Waals surface area contributed by atoms with E-state index in [0.717, 1.165) is 24.0 Å². The number of hydrogen-bond donors (Lipinski definition) is 1. The quantitative estimate of drug-likeness (QED) is 0.731. The Hall–Kier alpha value is -0.540. The smallest absolute Gasteiger partial charge is 0.156 e. The lowest BCUT2D eigenvalue weighted by molar-refractivity contribution is -0.104. The SMILES string of the molecule is CCC1=C(C(C)(C)O)SC(C=O)=CC1. The molecule has 0 aromatic carbocycles. The molecule has 0 saturated carbocycles. The van der Waals surface area contributed by atoms with Gasteiger partial charge in [0.2, 0.25) is 0 Å². The molecule has 1 heterocycles. The summed E-state index contributed by atoms with van der Waals surface area (Å²) in [6, 6.07) is 0. The zero-order valence-corrected chi connectivity index (χ0v) is 9.65. The summed E-state index contributed by atoms with van der Waals surface area (Å²) in [7, 11) is 0. The Kier molecular flexibility index (Phi) is 3.56. The molecule has 0 spiro atoms. The summed E-state index contributed by atoms with van der Waals surface area (Å²) in [5, 5.41) is 9.94. The van der Waals surface area contributed by atoms with Gasteiger partial charge in [-0.05, 0) is 26.7 Å². The van der Waals surface area contributed by atoms with Crippen LogP contribution >= 0.6 is 11.8 Å². The number of thioether (sulfide) groups is 1. The van der Waals surface area contributed by atoms with E-state index in [1.54, 1.807) is 13.8 Å². The molecule has 0 aliphatic carbocycles. The average Bonchev–Trinajstić information content (AvgIpc) is 2.15. The van der Waals surface area contributed by atoms with Crippen molar-refractivity contribution in [3.63, 3.8) is 0 Å². The molecule has 1 N–H and O–H groups in total. The molecule has 0 aromatic rings. The summed E-state index contributed by atoms with van der Waals surface area (Å²) in [5.41, 5.74) is 0.395. The maximum atomic E-state index is 10.6. The third-order valence-corrected chi connectivity index (χ3v) is 3.68. The van der Waals surface area contributed by atoms with Crippen molar-refractivity contribution in [1.29, 1.82) is 0 Å². The van der Waals surface area contributed by atoms with E-state index in [0.29, 0.717) is 4.91 Å². The number of aliphatic hydroxyl groups is 1. The number of hydrogen-bond acceptors (Lipinski definition) is 3. The highest BCUT2D eigenvalue weighted by molar-refractivity contribution is 8.07. The number of carbonyl (C=O) groups excluding carboxylic acids is 1. The van der Waals surface area contributed by atoms with Crippen molar-refractivity contribution < 1.29 is 9.90 Å². The molecule has 2 nitrogen and oxygen atoms in total. The van der Waals surface area contributed by atoms with E-state index in [1.807, 2.05) is 6.08 Å². The van der Waals surface area contributed by atoms with Crippen molar-refractivity contribution in [1.82, 2.24) is 0 Å².